The van der Waals surface area contributed by atoms with E-state index in [1.54, 1.807) is 12.1 Å². The Balaban J connectivity index is 2.33. The summed E-state index contributed by atoms with van der Waals surface area (Å²) in [7, 11) is -3.74. The molecule has 100 valence electrons. The van der Waals surface area contributed by atoms with Gasteiger partial charge in [0.2, 0.25) is 0 Å². The van der Waals surface area contributed by atoms with E-state index in [-0.39, 0.29) is 15.6 Å². The minimum atomic E-state index is -3.74. The second-order valence-electron chi connectivity index (χ2n) is 4.08. The molecule has 0 saturated carbocycles. The van der Waals surface area contributed by atoms with Crippen molar-refractivity contribution in [3.63, 3.8) is 0 Å². The molecule has 0 aliphatic heterocycles. The Morgan fingerprint density at radius 3 is 2.32 bits per heavy atom. The fraction of sp³-hybridized carbons (Fsp3) is 0.0769. The monoisotopic (exact) mass is 299 g/mol. The van der Waals surface area contributed by atoms with E-state index >= 15 is 0 Å². The molecule has 0 saturated heterocycles. The van der Waals surface area contributed by atoms with Gasteiger partial charge in [-0.05, 0) is 37.3 Å². The molecule has 0 aliphatic rings. The van der Waals surface area contributed by atoms with Crippen LogP contribution in [-0.4, -0.2) is 8.42 Å². The highest BCUT2D eigenvalue weighted by molar-refractivity contribution is 7.92. The third-order valence-corrected chi connectivity index (χ3v) is 4.06. The van der Waals surface area contributed by atoms with Crippen LogP contribution in [0.3, 0.4) is 0 Å². The van der Waals surface area contributed by atoms with Gasteiger partial charge in [0.1, 0.15) is 5.82 Å². The normalized spacial score (nSPS) is 11.3. The van der Waals surface area contributed by atoms with E-state index in [4.69, 9.17) is 11.6 Å². The lowest BCUT2D eigenvalue weighted by atomic mass is 10.2. The number of sulfonamides is 1. The van der Waals surface area contributed by atoms with Crippen LogP contribution in [0, 0.1) is 12.7 Å². The predicted molar refractivity (Wildman–Crippen MR) is 73.4 cm³/mol. The molecule has 1 N–H and O–H groups in total. The summed E-state index contributed by atoms with van der Waals surface area (Å²) in [6.45, 7) is 1.86. The van der Waals surface area contributed by atoms with Crippen LogP contribution in [0.25, 0.3) is 0 Å². The van der Waals surface area contributed by atoms with Crippen LogP contribution in [0.15, 0.2) is 47.4 Å². The molecule has 0 fully saturated rings. The Morgan fingerprint density at radius 1 is 1.11 bits per heavy atom. The summed E-state index contributed by atoms with van der Waals surface area (Å²) in [4.78, 5) is 0.110. The van der Waals surface area contributed by atoms with Crippen molar-refractivity contribution in [2.45, 2.75) is 11.8 Å². The lowest BCUT2D eigenvalue weighted by Gasteiger charge is -2.08. The zero-order chi connectivity index (χ0) is 14.0. The highest BCUT2D eigenvalue weighted by Gasteiger charge is 2.14. The van der Waals surface area contributed by atoms with Gasteiger partial charge in [-0.3, -0.25) is 4.72 Å². The van der Waals surface area contributed by atoms with Gasteiger partial charge in [0.05, 0.1) is 10.6 Å². The number of nitrogens with one attached hydrogen (secondary N) is 1. The first-order chi connectivity index (χ1) is 8.87. The fourth-order valence-corrected chi connectivity index (χ4v) is 2.81. The summed E-state index contributed by atoms with van der Waals surface area (Å²) in [5.41, 5.74) is 1.04. The van der Waals surface area contributed by atoms with Crippen LogP contribution in [0.2, 0.25) is 5.02 Å². The molecule has 0 amide bonds. The molecule has 6 heteroatoms. The topological polar surface area (TPSA) is 46.2 Å². The van der Waals surface area contributed by atoms with Gasteiger partial charge in [-0.15, -0.1) is 0 Å². The SMILES string of the molecule is Cc1ccc(S(=O)(=O)Nc2cc(F)cc(Cl)c2)cc1. The molecule has 0 aromatic heterocycles. The number of anilines is 1. The van der Waals surface area contributed by atoms with Gasteiger partial charge in [-0.2, -0.15) is 0 Å². The Bertz CT molecular complexity index is 679. The van der Waals surface area contributed by atoms with Crippen molar-refractivity contribution in [3.05, 3.63) is 58.9 Å². The van der Waals surface area contributed by atoms with Crippen molar-refractivity contribution in [2.75, 3.05) is 4.72 Å². The second kappa shape index (κ2) is 5.19. The first-order valence-electron chi connectivity index (χ1n) is 5.42. The van der Waals surface area contributed by atoms with Crippen LogP contribution >= 0.6 is 11.6 Å². The smallest absolute Gasteiger partial charge is 0.261 e. The third-order valence-electron chi connectivity index (χ3n) is 2.45. The van der Waals surface area contributed by atoms with Gasteiger partial charge < -0.3 is 0 Å². The molecule has 2 aromatic carbocycles. The Labute approximate surface area is 116 Å². The van der Waals surface area contributed by atoms with E-state index in [1.807, 2.05) is 6.92 Å². The molecule has 0 bridgehead atoms. The number of halogens is 2. The molecule has 0 heterocycles. The number of benzene rings is 2. The molecule has 0 unspecified atom stereocenters. The minimum absolute atomic E-state index is 0.0885. The van der Waals surface area contributed by atoms with Crippen LogP contribution in [0.1, 0.15) is 5.56 Å². The van der Waals surface area contributed by atoms with E-state index in [0.717, 1.165) is 17.7 Å². The molecule has 0 spiro atoms. The highest BCUT2D eigenvalue weighted by atomic mass is 35.5. The highest BCUT2D eigenvalue weighted by Crippen LogP contribution is 2.21. The van der Waals surface area contributed by atoms with Crippen LogP contribution in [0.4, 0.5) is 10.1 Å². The van der Waals surface area contributed by atoms with Crippen molar-refractivity contribution >= 4 is 27.3 Å². The second-order valence-corrected chi connectivity index (χ2v) is 6.20. The van der Waals surface area contributed by atoms with Gasteiger partial charge in [0.15, 0.2) is 0 Å². The van der Waals surface area contributed by atoms with E-state index in [1.165, 1.54) is 18.2 Å². The molecule has 0 radical (unpaired) electrons. The molecule has 19 heavy (non-hydrogen) atoms. The predicted octanol–water partition coefficient (Wildman–Crippen LogP) is 3.59. The van der Waals surface area contributed by atoms with E-state index < -0.39 is 15.8 Å². The number of hydrogen-bond acceptors (Lipinski definition) is 2. The molecular weight excluding hydrogens is 289 g/mol. The van der Waals surface area contributed by atoms with Gasteiger partial charge in [-0.25, -0.2) is 12.8 Å². The Kier molecular flexibility index (Phi) is 3.78. The first-order valence-corrected chi connectivity index (χ1v) is 7.28. The third kappa shape index (κ3) is 3.45. The zero-order valence-electron chi connectivity index (χ0n) is 10.0. The average molecular weight is 300 g/mol. The van der Waals surface area contributed by atoms with E-state index in [0.29, 0.717) is 0 Å². The maximum absolute atomic E-state index is 13.1. The van der Waals surface area contributed by atoms with Crippen LogP contribution in [0.5, 0.6) is 0 Å². The summed E-state index contributed by atoms with van der Waals surface area (Å²) >= 11 is 5.67. The Morgan fingerprint density at radius 2 is 1.74 bits per heavy atom. The molecule has 0 atom stereocenters. The van der Waals surface area contributed by atoms with E-state index in [2.05, 4.69) is 4.72 Å². The van der Waals surface area contributed by atoms with Crippen molar-refractivity contribution in [1.82, 2.24) is 0 Å². The molecular formula is C13H11ClFNO2S. The molecule has 2 rings (SSSR count). The standard InChI is InChI=1S/C13H11ClFNO2S/c1-9-2-4-13(5-3-9)19(17,18)16-12-7-10(14)6-11(15)8-12/h2-8,16H,1H3. The lowest BCUT2D eigenvalue weighted by Crippen LogP contribution is -2.13. The number of rotatable bonds is 3. The van der Waals surface area contributed by atoms with Gasteiger partial charge in [-0.1, -0.05) is 29.3 Å². The number of aryl methyl sites for hydroxylation is 1. The quantitative estimate of drug-likeness (QED) is 0.941. The largest absolute Gasteiger partial charge is 0.279 e. The Hall–Kier alpha value is -1.59. The lowest BCUT2D eigenvalue weighted by molar-refractivity contribution is 0.601. The van der Waals surface area contributed by atoms with Crippen LogP contribution in [-0.2, 0) is 10.0 Å². The summed E-state index contributed by atoms with van der Waals surface area (Å²) in [6.07, 6.45) is 0. The molecule has 2 aromatic rings. The van der Waals surface area contributed by atoms with Crippen molar-refractivity contribution in [1.29, 1.82) is 0 Å². The maximum Gasteiger partial charge on any atom is 0.261 e. The number of hydrogen-bond donors (Lipinski definition) is 1. The molecule has 3 nitrogen and oxygen atoms in total. The van der Waals surface area contributed by atoms with Gasteiger partial charge >= 0.3 is 0 Å². The first kappa shape index (κ1) is 13.8. The van der Waals surface area contributed by atoms with Crippen LogP contribution < -0.4 is 4.72 Å². The van der Waals surface area contributed by atoms with Crippen molar-refractivity contribution < 1.29 is 12.8 Å². The summed E-state index contributed by atoms with van der Waals surface area (Å²) in [5.74, 6) is -0.603. The zero-order valence-corrected chi connectivity index (χ0v) is 11.6. The summed E-state index contributed by atoms with van der Waals surface area (Å²) in [6, 6.07) is 9.86. The van der Waals surface area contributed by atoms with Gasteiger partial charge in [0, 0.05) is 5.02 Å². The fourth-order valence-electron chi connectivity index (χ4n) is 1.54. The minimum Gasteiger partial charge on any atom is -0.279 e. The summed E-state index contributed by atoms with van der Waals surface area (Å²) in [5, 5.41) is 0.126. The van der Waals surface area contributed by atoms with Crippen molar-refractivity contribution in [2.24, 2.45) is 0 Å². The average Bonchev–Trinajstić information content (AvgIpc) is 2.27. The summed E-state index contributed by atoms with van der Waals surface area (Å²) < 4.78 is 39.5. The van der Waals surface area contributed by atoms with E-state index in [9.17, 15) is 12.8 Å². The van der Waals surface area contributed by atoms with Gasteiger partial charge in [0.25, 0.3) is 10.0 Å². The van der Waals surface area contributed by atoms with Crippen molar-refractivity contribution in [3.8, 4) is 0 Å². The molecule has 0 aliphatic carbocycles. The maximum atomic E-state index is 13.1.